The second-order valence-corrected chi connectivity index (χ2v) is 4.49. The Hall–Kier alpha value is -1.51. The summed E-state index contributed by atoms with van der Waals surface area (Å²) in [5.41, 5.74) is 1.72. The van der Waals surface area contributed by atoms with Crippen LogP contribution in [0.3, 0.4) is 0 Å². The molecule has 0 aliphatic heterocycles. The van der Waals surface area contributed by atoms with Crippen LogP contribution >= 0.6 is 0 Å². The van der Waals surface area contributed by atoms with Crippen molar-refractivity contribution >= 4 is 11.6 Å². The van der Waals surface area contributed by atoms with E-state index in [1.807, 2.05) is 38.1 Å². The van der Waals surface area contributed by atoms with E-state index in [4.69, 9.17) is 0 Å². The quantitative estimate of drug-likeness (QED) is 0.743. The van der Waals surface area contributed by atoms with Gasteiger partial charge in [-0.25, -0.2) is 0 Å². The second kappa shape index (κ2) is 6.94. The summed E-state index contributed by atoms with van der Waals surface area (Å²) in [6.45, 7) is 7.03. The Morgan fingerprint density at radius 3 is 2.76 bits per heavy atom. The molecule has 0 heterocycles. The molecule has 0 radical (unpaired) electrons. The van der Waals surface area contributed by atoms with Crippen molar-refractivity contribution in [3.8, 4) is 0 Å². The summed E-state index contributed by atoms with van der Waals surface area (Å²) in [6, 6.07) is 7.79. The predicted octanol–water partition coefficient (Wildman–Crippen LogP) is 3.04. The van der Waals surface area contributed by atoms with Gasteiger partial charge in [0, 0.05) is 23.8 Å². The van der Waals surface area contributed by atoms with Gasteiger partial charge in [-0.15, -0.1) is 0 Å². The van der Waals surface area contributed by atoms with E-state index in [0.29, 0.717) is 5.56 Å². The zero-order chi connectivity index (χ0) is 12.7. The number of amides is 1. The third kappa shape index (κ3) is 4.89. The molecule has 0 unspecified atom stereocenters. The van der Waals surface area contributed by atoms with Crippen molar-refractivity contribution in [2.24, 2.45) is 0 Å². The predicted molar refractivity (Wildman–Crippen MR) is 72.4 cm³/mol. The first kappa shape index (κ1) is 13.6. The minimum Gasteiger partial charge on any atom is -0.385 e. The lowest BCUT2D eigenvalue weighted by Gasteiger charge is -2.10. The van der Waals surface area contributed by atoms with Gasteiger partial charge in [0.05, 0.1) is 0 Å². The molecule has 2 N–H and O–H groups in total. The van der Waals surface area contributed by atoms with E-state index in [9.17, 15) is 4.79 Å². The molecule has 0 aromatic heterocycles. The van der Waals surface area contributed by atoms with Crippen LogP contribution in [0.2, 0.25) is 0 Å². The number of anilines is 1. The van der Waals surface area contributed by atoms with Gasteiger partial charge in [-0.1, -0.05) is 19.4 Å². The minimum absolute atomic E-state index is 0.0147. The molecule has 0 bridgehead atoms. The Labute approximate surface area is 104 Å². The summed E-state index contributed by atoms with van der Waals surface area (Å²) < 4.78 is 0. The molecule has 3 nitrogen and oxygen atoms in total. The van der Waals surface area contributed by atoms with E-state index in [0.717, 1.165) is 18.7 Å². The average Bonchev–Trinajstić information content (AvgIpc) is 2.29. The van der Waals surface area contributed by atoms with Crippen molar-refractivity contribution in [1.82, 2.24) is 5.32 Å². The van der Waals surface area contributed by atoms with Crippen LogP contribution in [-0.2, 0) is 0 Å². The van der Waals surface area contributed by atoms with Crippen molar-refractivity contribution in [2.75, 3.05) is 11.9 Å². The third-order valence-electron chi connectivity index (χ3n) is 2.40. The monoisotopic (exact) mass is 234 g/mol. The molecule has 1 aromatic carbocycles. The van der Waals surface area contributed by atoms with Gasteiger partial charge in [0.15, 0.2) is 0 Å². The molecule has 94 valence electrons. The lowest BCUT2D eigenvalue weighted by atomic mass is 10.1. The maximum absolute atomic E-state index is 11.8. The van der Waals surface area contributed by atoms with E-state index in [2.05, 4.69) is 17.6 Å². The Balaban J connectivity index is 2.61. The number of benzene rings is 1. The fourth-order valence-electron chi connectivity index (χ4n) is 1.53. The molecule has 17 heavy (non-hydrogen) atoms. The highest BCUT2D eigenvalue weighted by atomic mass is 16.1. The van der Waals surface area contributed by atoms with Crippen molar-refractivity contribution < 1.29 is 4.79 Å². The van der Waals surface area contributed by atoms with Crippen molar-refractivity contribution in [3.05, 3.63) is 29.8 Å². The van der Waals surface area contributed by atoms with Crippen LogP contribution in [0.25, 0.3) is 0 Å². The molecule has 0 fully saturated rings. The van der Waals surface area contributed by atoms with Crippen LogP contribution in [0.15, 0.2) is 24.3 Å². The standard InChI is InChI=1S/C14H22N2O/c1-4-5-9-15-13-8-6-7-12(10-13)14(17)16-11(2)3/h6-8,10-11,15H,4-5,9H2,1-3H3,(H,16,17). The van der Waals surface area contributed by atoms with E-state index < -0.39 is 0 Å². The number of rotatable bonds is 6. The topological polar surface area (TPSA) is 41.1 Å². The highest BCUT2D eigenvalue weighted by molar-refractivity contribution is 5.95. The normalized spacial score (nSPS) is 10.4. The van der Waals surface area contributed by atoms with Gasteiger partial charge in [-0.2, -0.15) is 0 Å². The van der Waals surface area contributed by atoms with Gasteiger partial charge in [-0.05, 0) is 38.5 Å². The minimum atomic E-state index is -0.0147. The first-order valence-electron chi connectivity index (χ1n) is 6.28. The summed E-state index contributed by atoms with van der Waals surface area (Å²) in [5.74, 6) is -0.0147. The fourth-order valence-corrected chi connectivity index (χ4v) is 1.53. The zero-order valence-corrected chi connectivity index (χ0v) is 10.9. The fraction of sp³-hybridized carbons (Fsp3) is 0.500. The van der Waals surface area contributed by atoms with Crippen LogP contribution < -0.4 is 10.6 Å². The lowest BCUT2D eigenvalue weighted by molar-refractivity contribution is 0.0943. The summed E-state index contributed by atoms with van der Waals surface area (Å²) in [6.07, 6.45) is 2.31. The lowest BCUT2D eigenvalue weighted by Crippen LogP contribution is -2.30. The molecule has 0 aliphatic carbocycles. The van der Waals surface area contributed by atoms with E-state index in [1.54, 1.807) is 0 Å². The average molecular weight is 234 g/mol. The number of carbonyl (C=O) groups is 1. The Kier molecular flexibility index (Phi) is 5.53. The van der Waals surface area contributed by atoms with Crippen molar-refractivity contribution in [2.45, 2.75) is 39.7 Å². The SMILES string of the molecule is CCCCNc1cccc(C(=O)NC(C)C)c1. The van der Waals surface area contributed by atoms with E-state index in [1.165, 1.54) is 6.42 Å². The smallest absolute Gasteiger partial charge is 0.251 e. The van der Waals surface area contributed by atoms with Crippen LogP contribution in [0.5, 0.6) is 0 Å². The molecule has 1 amide bonds. The van der Waals surface area contributed by atoms with Crippen LogP contribution in [0, 0.1) is 0 Å². The van der Waals surface area contributed by atoms with E-state index >= 15 is 0 Å². The molecular weight excluding hydrogens is 212 g/mol. The number of nitrogens with one attached hydrogen (secondary N) is 2. The first-order valence-corrected chi connectivity index (χ1v) is 6.28. The number of carbonyl (C=O) groups excluding carboxylic acids is 1. The largest absolute Gasteiger partial charge is 0.385 e. The number of hydrogen-bond donors (Lipinski definition) is 2. The molecule has 0 saturated heterocycles. The maximum atomic E-state index is 11.8. The van der Waals surface area contributed by atoms with Crippen LogP contribution in [0.4, 0.5) is 5.69 Å². The van der Waals surface area contributed by atoms with Crippen molar-refractivity contribution in [1.29, 1.82) is 0 Å². The molecule has 1 aromatic rings. The molecule has 0 aliphatic rings. The van der Waals surface area contributed by atoms with Gasteiger partial charge in [0.25, 0.3) is 5.91 Å². The highest BCUT2D eigenvalue weighted by Crippen LogP contribution is 2.11. The van der Waals surface area contributed by atoms with Crippen molar-refractivity contribution in [3.63, 3.8) is 0 Å². The summed E-state index contributed by atoms with van der Waals surface area (Å²) in [7, 11) is 0. The Bertz CT molecular complexity index is 361. The van der Waals surface area contributed by atoms with Gasteiger partial charge in [0.2, 0.25) is 0 Å². The summed E-state index contributed by atoms with van der Waals surface area (Å²) >= 11 is 0. The maximum Gasteiger partial charge on any atom is 0.251 e. The zero-order valence-electron chi connectivity index (χ0n) is 10.9. The molecule has 0 spiro atoms. The molecule has 1 rings (SSSR count). The number of unbranched alkanes of at least 4 members (excludes halogenated alkanes) is 1. The van der Waals surface area contributed by atoms with Crippen LogP contribution in [-0.4, -0.2) is 18.5 Å². The molecule has 3 heteroatoms. The van der Waals surface area contributed by atoms with E-state index in [-0.39, 0.29) is 11.9 Å². The molecule has 0 atom stereocenters. The number of hydrogen-bond acceptors (Lipinski definition) is 2. The highest BCUT2D eigenvalue weighted by Gasteiger charge is 2.06. The van der Waals surface area contributed by atoms with Gasteiger partial charge in [-0.3, -0.25) is 4.79 Å². The van der Waals surface area contributed by atoms with Gasteiger partial charge >= 0.3 is 0 Å². The molecule has 0 saturated carbocycles. The first-order chi connectivity index (χ1) is 8.13. The Morgan fingerprint density at radius 1 is 1.35 bits per heavy atom. The van der Waals surface area contributed by atoms with Gasteiger partial charge in [0.1, 0.15) is 0 Å². The third-order valence-corrected chi connectivity index (χ3v) is 2.40. The second-order valence-electron chi connectivity index (χ2n) is 4.49. The van der Waals surface area contributed by atoms with Crippen LogP contribution in [0.1, 0.15) is 44.0 Å². The molecular formula is C14H22N2O. The Morgan fingerprint density at radius 2 is 2.12 bits per heavy atom. The van der Waals surface area contributed by atoms with Gasteiger partial charge < -0.3 is 10.6 Å². The summed E-state index contributed by atoms with van der Waals surface area (Å²) in [4.78, 5) is 11.8. The summed E-state index contributed by atoms with van der Waals surface area (Å²) in [5, 5.41) is 6.20.